The van der Waals surface area contributed by atoms with Gasteiger partial charge in [-0.25, -0.2) is 4.39 Å². The Labute approximate surface area is 106 Å². The zero-order valence-electron chi connectivity index (χ0n) is 9.99. The molecule has 17 heavy (non-hydrogen) atoms. The van der Waals surface area contributed by atoms with Gasteiger partial charge in [0, 0.05) is 17.2 Å². The molecule has 0 aliphatic carbocycles. The topological polar surface area (TPSA) is 29.3 Å². The van der Waals surface area contributed by atoms with Crippen LogP contribution in [0.2, 0.25) is 0 Å². The minimum absolute atomic E-state index is 0.227. The van der Waals surface area contributed by atoms with Crippen molar-refractivity contribution in [3.05, 3.63) is 24.0 Å². The number of hydrogen-bond donors (Lipinski definition) is 1. The van der Waals surface area contributed by atoms with Crippen molar-refractivity contribution < 1.29 is 4.39 Å². The minimum atomic E-state index is -0.312. The Morgan fingerprint density at radius 3 is 2.71 bits per heavy atom. The Hall–Kier alpha value is -0.740. The van der Waals surface area contributed by atoms with Crippen LogP contribution in [0.15, 0.2) is 23.1 Å². The molecule has 0 radical (unpaired) electrons. The number of nitrogens with zero attached hydrogens (tertiary/aromatic N) is 1. The van der Waals surface area contributed by atoms with Gasteiger partial charge in [0.25, 0.3) is 0 Å². The van der Waals surface area contributed by atoms with Crippen LogP contribution in [0.1, 0.15) is 19.3 Å². The predicted molar refractivity (Wildman–Crippen MR) is 71.8 cm³/mol. The third-order valence-corrected chi connectivity index (χ3v) is 4.07. The van der Waals surface area contributed by atoms with Gasteiger partial charge in [0.15, 0.2) is 0 Å². The molecule has 0 atom stereocenters. The van der Waals surface area contributed by atoms with Crippen LogP contribution in [0, 0.1) is 5.82 Å². The molecule has 0 bridgehead atoms. The van der Waals surface area contributed by atoms with Gasteiger partial charge < -0.3 is 10.6 Å². The fraction of sp³-hybridized carbons (Fsp3) is 0.538. The third kappa shape index (κ3) is 3.89. The van der Waals surface area contributed by atoms with Crippen molar-refractivity contribution in [3.8, 4) is 0 Å². The van der Waals surface area contributed by atoms with Crippen LogP contribution in [0.5, 0.6) is 0 Å². The van der Waals surface area contributed by atoms with E-state index < -0.39 is 0 Å². The van der Waals surface area contributed by atoms with E-state index >= 15 is 0 Å². The molecule has 94 valence electrons. The second-order valence-electron chi connectivity index (χ2n) is 4.43. The van der Waals surface area contributed by atoms with E-state index in [2.05, 4.69) is 4.90 Å². The Morgan fingerprint density at radius 1 is 1.24 bits per heavy atom. The number of piperidine rings is 1. The van der Waals surface area contributed by atoms with Gasteiger partial charge in [-0.1, -0.05) is 6.42 Å². The summed E-state index contributed by atoms with van der Waals surface area (Å²) < 4.78 is 13.2. The summed E-state index contributed by atoms with van der Waals surface area (Å²) in [6, 6.07) is 5.05. The van der Waals surface area contributed by atoms with Gasteiger partial charge in [-0.3, -0.25) is 0 Å². The van der Waals surface area contributed by atoms with Gasteiger partial charge in [0.2, 0.25) is 0 Å². The molecule has 0 saturated carbocycles. The highest BCUT2D eigenvalue weighted by Gasteiger charge is 2.09. The van der Waals surface area contributed by atoms with E-state index in [0.717, 1.165) is 17.2 Å². The molecule has 0 unspecified atom stereocenters. The molecule has 4 heteroatoms. The molecule has 2 rings (SSSR count). The van der Waals surface area contributed by atoms with Crippen molar-refractivity contribution in [2.45, 2.75) is 24.2 Å². The molecule has 1 aliphatic heterocycles. The summed E-state index contributed by atoms with van der Waals surface area (Å²) in [7, 11) is 0. The SMILES string of the molecule is Nc1ccc(SCCN2CCCCC2)cc1F. The maximum absolute atomic E-state index is 13.2. The Bertz CT molecular complexity index is 364. The van der Waals surface area contributed by atoms with E-state index in [1.54, 1.807) is 17.8 Å². The highest BCUT2D eigenvalue weighted by molar-refractivity contribution is 7.99. The lowest BCUT2D eigenvalue weighted by Crippen LogP contribution is -2.31. The van der Waals surface area contributed by atoms with Gasteiger partial charge in [-0.15, -0.1) is 11.8 Å². The molecule has 2 nitrogen and oxygen atoms in total. The van der Waals surface area contributed by atoms with Crippen LogP contribution >= 0.6 is 11.8 Å². The van der Waals surface area contributed by atoms with Crippen molar-refractivity contribution in [1.29, 1.82) is 0 Å². The molecule has 0 spiro atoms. The molecule has 2 N–H and O–H groups in total. The Morgan fingerprint density at radius 2 is 2.00 bits per heavy atom. The zero-order chi connectivity index (χ0) is 12.1. The second-order valence-corrected chi connectivity index (χ2v) is 5.60. The third-order valence-electron chi connectivity index (χ3n) is 3.10. The van der Waals surface area contributed by atoms with Crippen LogP contribution in [0.4, 0.5) is 10.1 Å². The molecular weight excluding hydrogens is 235 g/mol. The summed E-state index contributed by atoms with van der Waals surface area (Å²) in [5, 5.41) is 0. The van der Waals surface area contributed by atoms with Gasteiger partial charge in [0.05, 0.1) is 5.69 Å². The van der Waals surface area contributed by atoms with Crippen LogP contribution in [0.25, 0.3) is 0 Å². The average molecular weight is 254 g/mol. The molecule has 1 aromatic carbocycles. The molecule has 0 amide bonds. The monoisotopic (exact) mass is 254 g/mol. The Kier molecular flexibility index (Phi) is 4.68. The summed E-state index contributed by atoms with van der Waals surface area (Å²) in [4.78, 5) is 3.46. The fourth-order valence-corrected chi connectivity index (χ4v) is 3.01. The number of benzene rings is 1. The van der Waals surface area contributed by atoms with Crippen molar-refractivity contribution in [3.63, 3.8) is 0 Å². The lowest BCUT2D eigenvalue weighted by Gasteiger charge is -2.26. The number of nitrogens with two attached hydrogens (primary N) is 1. The van der Waals surface area contributed by atoms with E-state index in [9.17, 15) is 4.39 Å². The van der Waals surface area contributed by atoms with E-state index in [-0.39, 0.29) is 11.5 Å². The molecule has 1 aliphatic rings. The highest BCUT2D eigenvalue weighted by atomic mass is 32.2. The second kappa shape index (κ2) is 6.26. The van der Waals surface area contributed by atoms with Crippen LogP contribution in [0.3, 0.4) is 0 Å². The lowest BCUT2D eigenvalue weighted by molar-refractivity contribution is 0.242. The average Bonchev–Trinajstić information content (AvgIpc) is 2.35. The largest absolute Gasteiger partial charge is 0.396 e. The number of thioether (sulfide) groups is 1. The summed E-state index contributed by atoms with van der Waals surface area (Å²) in [6.45, 7) is 3.53. The standard InChI is InChI=1S/C13H19FN2S/c14-12-10-11(4-5-13(12)15)17-9-8-16-6-2-1-3-7-16/h4-5,10H,1-3,6-9,15H2. The summed E-state index contributed by atoms with van der Waals surface area (Å²) in [5.74, 6) is 0.705. The van der Waals surface area contributed by atoms with E-state index in [0.29, 0.717) is 0 Å². The maximum Gasteiger partial charge on any atom is 0.147 e. The maximum atomic E-state index is 13.2. The molecule has 1 aromatic rings. The van der Waals surface area contributed by atoms with Gasteiger partial charge in [-0.2, -0.15) is 0 Å². The lowest BCUT2D eigenvalue weighted by atomic mass is 10.1. The first-order valence-electron chi connectivity index (χ1n) is 6.16. The highest BCUT2D eigenvalue weighted by Crippen LogP contribution is 2.22. The van der Waals surface area contributed by atoms with Gasteiger partial charge in [-0.05, 0) is 44.1 Å². The summed E-state index contributed by atoms with van der Waals surface area (Å²) >= 11 is 1.70. The number of rotatable bonds is 4. The number of anilines is 1. The number of nitrogen functional groups attached to an aromatic ring is 1. The molecular formula is C13H19FN2S. The smallest absolute Gasteiger partial charge is 0.147 e. The molecule has 1 heterocycles. The van der Waals surface area contributed by atoms with Crippen LogP contribution in [-0.4, -0.2) is 30.3 Å². The van der Waals surface area contributed by atoms with Crippen LogP contribution < -0.4 is 5.73 Å². The first-order chi connectivity index (χ1) is 8.25. The summed E-state index contributed by atoms with van der Waals surface area (Å²) in [5.41, 5.74) is 5.67. The van der Waals surface area contributed by atoms with Crippen molar-refractivity contribution in [2.75, 3.05) is 31.1 Å². The first-order valence-corrected chi connectivity index (χ1v) is 7.14. The van der Waals surface area contributed by atoms with Crippen molar-refractivity contribution in [2.24, 2.45) is 0 Å². The van der Waals surface area contributed by atoms with E-state index in [1.807, 2.05) is 6.07 Å². The zero-order valence-corrected chi connectivity index (χ0v) is 10.8. The van der Waals surface area contributed by atoms with Crippen LogP contribution in [-0.2, 0) is 0 Å². The number of hydrogen-bond acceptors (Lipinski definition) is 3. The first kappa shape index (κ1) is 12.7. The molecule has 0 aromatic heterocycles. The van der Waals surface area contributed by atoms with Crippen molar-refractivity contribution in [1.82, 2.24) is 4.90 Å². The quantitative estimate of drug-likeness (QED) is 0.661. The minimum Gasteiger partial charge on any atom is -0.396 e. The molecule has 1 fully saturated rings. The van der Waals surface area contributed by atoms with E-state index in [4.69, 9.17) is 5.73 Å². The van der Waals surface area contributed by atoms with E-state index in [1.165, 1.54) is 38.4 Å². The molecule has 1 saturated heterocycles. The Balaban J connectivity index is 1.75. The summed E-state index contributed by atoms with van der Waals surface area (Å²) in [6.07, 6.45) is 4.01. The predicted octanol–water partition coefficient (Wildman–Crippen LogP) is 2.99. The normalized spacial score (nSPS) is 17.2. The van der Waals surface area contributed by atoms with Gasteiger partial charge in [0.1, 0.15) is 5.82 Å². The van der Waals surface area contributed by atoms with Gasteiger partial charge >= 0.3 is 0 Å². The van der Waals surface area contributed by atoms with Crippen molar-refractivity contribution >= 4 is 17.4 Å². The number of likely N-dealkylation sites (tertiary alicyclic amines) is 1. The number of halogens is 1. The fourth-order valence-electron chi connectivity index (χ4n) is 2.07.